The van der Waals surface area contributed by atoms with Crippen LogP contribution in [-0.4, -0.2) is 25.2 Å². The summed E-state index contributed by atoms with van der Waals surface area (Å²) in [7, 11) is -3.49. The van der Waals surface area contributed by atoms with E-state index in [-0.39, 0.29) is 32.6 Å². The Labute approximate surface area is 143 Å². The summed E-state index contributed by atoms with van der Waals surface area (Å²) in [5.41, 5.74) is 0.612. The molecular weight excluding hydrogens is 344 g/mol. The molecule has 7 heteroatoms. The molecule has 0 amide bonds. The summed E-state index contributed by atoms with van der Waals surface area (Å²) in [6, 6.07) is 6.83. The Bertz CT molecular complexity index is 1170. The van der Waals surface area contributed by atoms with Gasteiger partial charge >= 0.3 is 5.97 Å². The van der Waals surface area contributed by atoms with E-state index in [9.17, 15) is 18.0 Å². The fourth-order valence-corrected chi connectivity index (χ4v) is 4.22. The average Bonchev–Trinajstić information content (AvgIpc) is 2.55. The average molecular weight is 360 g/mol. The van der Waals surface area contributed by atoms with Crippen molar-refractivity contribution in [2.75, 3.05) is 5.75 Å². The van der Waals surface area contributed by atoms with E-state index in [0.717, 1.165) is 0 Å². The van der Waals surface area contributed by atoms with Gasteiger partial charge in [0.25, 0.3) is 0 Å². The normalized spacial score (nSPS) is 11.9. The minimum absolute atomic E-state index is 0.0139. The number of sulfone groups is 1. The number of hydrogen-bond donors (Lipinski definition) is 1. The van der Waals surface area contributed by atoms with Crippen molar-refractivity contribution in [1.82, 2.24) is 0 Å². The molecule has 3 aromatic rings. The van der Waals surface area contributed by atoms with Crippen LogP contribution in [0.3, 0.4) is 0 Å². The molecule has 0 spiro atoms. The van der Waals surface area contributed by atoms with Crippen LogP contribution in [0.1, 0.15) is 29.3 Å². The van der Waals surface area contributed by atoms with Crippen LogP contribution in [0.25, 0.3) is 21.9 Å². The van der Waals surface area contributed by atoms with E-state index in [1.165, 1.54) is 30.3 Å². The molecule has 0 fully saturated rings. The third-order valence-corrected chi connectivity index (χ3v) is 5.91. The molecule has 1 heterocycles. The molecule has 6 nitrogen and oxygen atoms in total. The number of aromatic carboxylic acids is 1. The van der Waals surface area contributed by atoms with Gasteiger partial charge in [-0.15, -0.1) is 0 Å². The second-order valence-electron chi connectivity index (χ2n) is 5.88. The van der Waals surface area contributed by atoms with Crippen LogP contribution in [0.15, 0.2) is 44.4 Å². The Hall–Kier alpha value is -2.67. The van der Waals surface area contributed by atoms with E-state index in [1.54, 1.807) is 13.8 Å². The zero-order valence-electron chi connectivity index (χ0n) is 13.7. The lowest BCUT2D eigenvalue weighted by Gasteiger charge is -2.08. The van der Waals surface area contributed by atoms with Gasteiger partial charge in [-0.25, -0.2) is 13.2 Å². The first-order valence-electron chi connectivity index (χ1n) is 7.72. The summed E-state index contributed by atoms with van der Waals surface area (Å²) in [6.45, 7) is 3.44. The third kappa shape index (κ3) is 2.91. The largest absolute Gasteiger partial charge is 0.478 e. The smallest absolute Gasteiger partial charge is 0.335 e. The highest BCUT2D eigenvalue weighted by atomic mass is 32.2. The van der Waals surface area contributed by atoms with E-state index < -0.39 is 21.2 Å². The van der Waals surface area contributed by atoms with E-state index in [4.69, 9.17) is 9.52 Å². The second-order valence-corrected chi connectivity index (χ2v) is 7.99. The third-order valence-electron chi connectivity index (χ3n) is 4.01. The number of hydrogen-bond acceptors (Lipinski definition) is 5. The maximum atomic E-state index is 12.8. The number of carboxylic acid groups (broad SMARTS) is 1. The summed E-state index contributed by atoms with van der Waals surface area (Å²) >= 11 is 0. The van der Waals surface area contributed by atoms with Crippen LogP contribution in [0, 0.1) is 6.92 Å². The van der Waals surface area contributed by atoms with Gasteiger partial charge < -0.3 is 9.52 Å². The molecule has 0 unspecified atom stereocenters. The standard InChI is InChI=1S/C18H16O6S/c1-3-6-25(22,23)12-7-10(2)17-14(9-12)16(19)13-8-11(18(20)21)4-5-15(13)24-17/h4-5,7-9H,3,6H2,1-2H3,(H,20,21). The molecule has 3 rings (SSSR count). The molecule has 1 aromatic heterocycles. The Kier molecular flexibility index (Phi) is 4.12. The number of aryl methyl sites for hydroxylation is 1. The van der Waals surface area contributed by atoms with Crippen LogP contribution in [0.5, 0.6) is 0 Å². The molecule has 0 saturated heterocycles. The molecule has 0 aliphatic carbocycles. The summed E-state index contributed by atoms with van der Waals surface area (Å²) < 4.78 is 30.4. The Morgan fingerprint density at radius 1 is 1.16 bits per heavy atom. The van der Waals surface area contributed by atoms with Crippen molar-refractivity contribution < 1.29 is 22.7 Å². The Balaban J connectivity index is 2.40. The van der Waals surface area contributed by atoms with E-state index >= 15 is 0 Å². The van der Waals surface area contributed by atoms with Gasteiger partial charge in [0.2, 0.25) is 5.43 Å². The molecule has 0 bridgehead atoms. The SMILES string of the molecule is CCCS(=O)(=O)c1cc(C)c2oc3ccc(C(=O)O)cc3c(=O)c2c1. The lowest BCUT2D eigenvalue weighted by Crippen LogP contribution is -2.09. The first-order valence-corrected chi connectivity index (χ1v) is 9.37. The Morgan fingerprint density at radius 2 is 1.88 bits per heavy atom. The highest BCUT2D eigenvalue weighted by molar-refractivity contribution is 7.91. The molecule has 0 radical (unpaired) electrons. The summed E-state index contributed by atoms with van der Waals surface area (Å²) in [5, 5.41) is 9.33. The lowest BCUT2D eigenvalue weighted by atomic mass is 10.1. The van der Waals surface area contributed by atoms with Crippen molar-refractivity contribution in [3.05, 3.63) is 51.7 Å². The molecule has 1 N–H and O–H groups in total. The Morgan fingerprint density at radius 3 is 2.52 bits per heavy atom. The van der Waals surface area contributed by atoms with Crippen LogP contribution in [-0.2, 0) is 9.84 Å². The monoisotopic (exact) mass is 360 g/mol. The van der Waals surface area contributed by atoms with Gasteiger partial charge in [0.1, 0.15) is 11.2 Å². The van der Waals surface area contributed by atoms with Crippen LogP contribution >= 0.6 is 0 Å². The molecular formula is C18H16O6S. The van der Waals surface area contributed by atoms with Crippen molar-refractivity contribution in [2.45, 2.75) is 25.2 Å². The minimum atomic E-state index is -3.49. The molecule has 2 aromatic carbocycles. The summed E-state index contributed by atoms with van der Waals surface area (Å²) in [6.07, 6.45) is 0.466. The maximum Gasteiger partial charge on any atom is 0.335 e. The minimum Gasteiger partial charge on any atom is -0.478 e. The fraction of sp³-hybridized carbons (Fsp3) is 0.222. The zero-order valence-corrected chi connectivity index (χ0v) is 14.5. The van der Waals surface area contributed by atoms with Gasteiger partial charge in [0.15, 0.2) is 9.84 Å². The summed E-state index contributed by atoms with van der Waals surface area (Å²) in [5.74, 6) is -1.17. The quantitative estimate of drug-likeness (QED) is 0.717. The maximum absolute atomic E-state index is 12.8. The second kappa shape index (κ2) is 6.00. The molecule has 25 heavy (non-hydrogen) atoms. The van der Waals surface area contributed by atoms with Gasteiger partial charge in [-0.3, -0.25) is 4.79 Å². The van der Waals surface area contributed by atoms with Crippen LogP contribution < -0.4 is 5.43 Å². The molecule has 0 aliphatic rings. The van der Waals surface area contributed by atoms with Gasteiger partial charge in [0, 0.05) is 0 Å². The van der Waals surface area contributed by atoms with E-state index in [0.29, 0.717) is 17.6 Å². The van der Waals surface area contributed by atoms with Gasteiger partial charge in [-0.05, 0) is 49.2 Å². The summed E-state index contributed by atoms with van der Waals surface area (Å²) in [4.78, 5) is 24.0. The number of benzene rings is 2. The lowest BCUT2D eigenvalue weighted by molar-refractivity contribution is 0.0697. The first kappa shape index (κ1) is 17.2. The highest BCUT2D eigenvalue weighted by Gasteiger charge is 2.18. The van der Waals surface area contributed by atoms with Gasteiger partial charge in [-0.1, -0.05) is 6.92 Å². The van der Waals surface area contributed by atoms with E-state index in [1.807, 2.05) is 0 Å². The number of rotatable bonds is 4. The molecule has 0 atom stereocenters. The fourth-order valence-electron chi connectivity index (χ4n) is 2.80. The zero-order chi connectivity index (χ0) is 18.4. The van der Waals surface area contributed by atoms with Gasteiger partial charge in [0.05, 0.1) is 27.0 Å². The number of carbonyl (C=O) groups is 1. The van der Waals surface area contributed by atoms with Gasteiger partial charge in [-0.2, -0.15) is 0 Å². The highest BCUT2D eigenvalue weighted by Crippen LogP contribution is 2.26. The van der Waals surface area contributed by atoms with Crippen LogP contribution in [0.4, 0.5) is 0 Å². The topological polar surface area (TPSA) is 102 Å². The van der Waals surface area contributed by atoms with Crippen molar-refractivity contribution in [2.24, 2.45) is 0 Å². The van der Waals surface area contributed by atoms with Crippen LogP contribution in [0.2, 0.25) is 0 Å². The number of fused-ring (bicyclic) bond motifs is 2. The van der Waals surface area contributed by atoms with Crippen molar-refractivity contribution in [3.8, 4) is 0 Å². The molecule has 0 saturated carbocycles. The predicted molar refractivity (Wildman–Crippen MR) is 94.0 cm³/mol. The van der Waals surface area contributed by atoms with Crippen molar-refractivity contribution >= 4 is 37.7 Å². The van der Waals surface area contributed by atoms with Crippen molar-refractivity contribution in [1.29, 1.82) is 0 Å². The predicted octanol–water partition coefficient (Wildman–Crippen LogP) is 3.14. The van der Waals surface area contributed by atoms with Crippen molar-refractivity contribution in [3.63, 3.8) is 0 Å². The number of carboxylic acids is 1. The van der Waals surface area contributed by atoms with E-state index in [2.05, 4.69) is 0 Å². The molecule has 130 valence electrons. The first-order chi connectivity index (χ1) is 11.7. The molecule has 0 aliphatic heterocycles.